The van der Waals surface area contributed by atoms with Crippen molar-refractivity contribution in [2.24, 2.45) is 0 Å². The fourth-order valence-corrected chi connectivity index (χ4v) is 1.79. The quantitative estimate of drug-likeness (QED) is 0.862. The minimum atomic E-state index is -0.927. The molecule has 0 aliphatic rings. The number of aliphatic carboxylic acids is 1. The highest BCUT2D eigenvalue weighted by atomic mass is 35.5. The number of rotatable bonds is 5. The highest BCUT2D eigenvalue weighted by Gasteiger charge is 2.13. The van der Waals surface area contributed by atoms with Gasteiger partial charge in [0.2, 0.25) is 0 Å². The molecular formula is C11H13ClO4. The molecule has 88 valence electrons. The highest BCUT2D eigenvalue weighted by Crippen LogP contribution is 2.29. The van der Waals surface area contributed by atoms with Crippen molar-refractivity contribution in [1.82, 2.24) is 0 Å². The molecule has 0 atom stereocenters. The first-order chi connectivity index (χ1) is 7.58. The second kappa shape index (κ2) is 5.72. The van der Waals surface area contributed by atoms with E-state index in [0.29, 0.717) is 22.9 Å². The van der Waals surface area contributed by atoms with Gasteiger partial charge in [-0.05, 0) is 12.1 Å². The van der Waals surface area contributed by atoms with Crippen LogP contribution in [0.4, 0.5) is 0 Å². The van der Waals surface area contributed by atoms with Crippen LogP contribution in [0, 0.1) is 0 Å². The van der Waals surface area contributed by atoms with E-state index in [2.05, 4.69) is 0 Å². The predicted molar refractivity (Wildman–Crippen MR) is 60.1 cm³/mol. The van der Waals surface area contributed by atoms with Crippen LogP contribution in [0.25, 0.3) is 0 Å². The largest absolute Gasteiger partial charge is 0.496 e. The van der Waals surface area contributed by atoms with E-state index >= 15 is 0 Å². The molecule has 1 aromatic rings. The lowest BCUT2D eigenvalue weighted by Crippen LogP contribution is -2.05. The van der Waals surface area contributed by atoms with Gasteiger partial charge in [-0.15, -0.1) is 0 Å². The van der Waals surface area contributed by atoms with E-state index in [1.807, 2.05) is 0 Å². The molecule has 0 amide bonds. The third-order valence-electron chi connectivity index (χ3n) is 2.05. The summed E-state index contributed by atoms with van der Waals surface area (Å²) in [5, 5.41) is 9.24. The Kier molecular flexibility index (Phi) is 4.58. The minimum Gasteiger partial charge on any atom is -0.496 e. The summed E-state index contributed by atoms with van der Waals surface area (Å²) < 4.78 is 10.2. The van der Waals surface area contributed by atoms with E-state index in [0.717, 1.165) is 5.56 Å². The van der Waals surface area contributed by atoms with Gasteiger partial charge in [0, 0.05) is 23.3 Å². The van der Waals surface area contributed by atoms with Crippen molar-refractivity contribution >= 4 is 17.6 Å². The Morgan fingerprint density at radius 2 is 2.00 bits per heavy atom. The Balaban J connectivity index is 3.18. The highest BCUT2D eigenvalue weighted by molar-refractivity contribution is 6.30. The van der Waals surface area contributed by atoms with Gasteiger partial charge in [-0.2, -0.15) is 0 Å². The molecule has 1 aromatic carbocycles. The topological polar surface area (TPSA) is 55.8 Å². The summed E-state index contributed by atoms with van der Waals surface area (Å²) in [7, 11) is 3.05. The SMILES string of the molecule is COCc1cc(Cl)cc(CC(=O)O)c1OC. The van der Waals surface area contributed by atoms with Gasteiger partial charge in [-0.3, -0.25) is 4.79 Å². The maximum atomic E-state index is 10.7. The van der Waals surface area contributed by atoms with Gasteiger partial charge in [-0.1, -0.05) is 11.6 Å². The molecule has 16 heavy (non-hydrogen) atoms. The monoisotopic (exact) mass is 244 g/mol. The van der Waals surface area contributed by atoms with Crippen molar-refractivity contribution in [1.29, 1.82) is 0 Å². The Morgan fingerprint density at radius 3 is 2.50 bits per heavy atom. The molecule has 1 rings (SSSR count). The van der Waals surface area contributed by atoms with Crippen LogP contribution in [-0.4, -0.2) is 25.3 Å². The normalized spacial score (nSPS) is 10.2. The average molecular weight is 245 g/mol. The van der Waals surface area contributed by atoms with Gasteiger partial charge < -0.3 is 14.6 Å². The van der Waals surface area contributed by atoms with Gasteiger partial charge in [0.15, 0.2) is 0 Å². The Morgan fingerprint density at radius 1 is 1.38 bits per heavy atom. The lowest BCUT2D eigenvalue weighted by Gasteiger charge is -2.12. The second-order valence-electron chi connectivity index (χ2n) is 3.26. The van der Waals surface area contributed by atoms with E-state index in [-0.39, 0.29) is 6.42 Å². The third kappa shape index (κ3) is 3.12. The molecule has 0 saturated carbocycles. The molecule has 0 saturated heterocycles. The summed E-state index contributed by atoms with van der Waals surface area (Å²) in [4.78, 5) is 10.7. The smallest absolute Gasteiger partial charge is 0.307 e. The molecule has 5 heteroatoms. The Hall–Kier alpha value is -1.26. The number of ether oxygens (including phenoxy) is 2. The zero-order valence-electron chi connectivity index (χ0n) is 9.12. The van der Waals surface area contributed by atoms with Crippen LogP contribution in [0.1, 0.15) is 11.1 Å². The second-order valence-corrected chi connectivity index (χ2v) is 3.70. The first-order valence-corrected chi connectivity index (χ1v) is 5.02. The number of carboxylic acid groups (broad SMARTS) is 1. The summed E-state index contributed by atoms with van der Waals surface area (Å²) in [5.74, 6) is -0.405. The summed E-state index contributed by atoms with van der Waals surface area (Å²) >= 11 is 5.89. The fourth-order valence-electron chi connectivity index (χ4n) is 1.53. The van der Waals surface area contributed by atoms with Gasteiger partial charge in [0.05, 0.1) is 20.1 Å². The number of hydrogen-bond donors (Lipinski definition) is 1. The molecular weight excluding hydrogens is 232 g/mol. The first-order valence-electron chi connectivity index (χ1n) is 4.64. The molecule has 0 bridgehead atoms. The molecule has 0 aliphatic carbocycles. The van der Waals surface area contributed by atoms with Crippen molar-refractivity contribution in [3.05, 3.63) is 28.3 Å². The van der Waals surface area contributed by atoms with Gasteiger partial charge in [-0.25, -0.2) is 0 Å². The van der Waals surface area contributed by atoms with E-state index < -0.39 is 5.97 Å². The maximum absolute atomic E-state index is 10.7. The number of halogens is 1. The van der Waals surface area contributed by atoms with Crippen LogP contribution in [0.3, 0.4) is 0 Å². The zero-order valence-corrected chi connectivity index (χ0v) is 9.87. The van der Waals surface area contributed by atoms with Crippen LogP contribution in [0.5, 0.6) is 5.75 Å². The van der Waals surface area contributed by atoms with Gasteiger partial charge in [0.25, 0.3) is 0 Å². The lowest BCUT2D eigenvalue weighted by molar-refractivity contribution is -0.136. The molecule has 0 aliphatic heterocycles. The van der Waals surface area contributed by atoms with Crippen molar-refractivity contribution < 1.29 is 19.4 Å². The van der Waals surface area contributed by atoms with E-state index in [1.54, 1.807) is 19.2 Å². The van der Waals surface area contributed by atoms with Crippen LogP contribution < -0.4 is 4.74 Å². The van der Waals surface area contributed by atoms with Crippen LogP contribution in [0.2, 0.25) is 5.02 Å². The standard InChI is InChI=1S/C11H13ClO4/c1-15-6-8-4-9(12)3-7(5-10(13)14)11(8)16-2/h3-4H,5-6H2,1-2H3,(H,13,14). The minimum absolute atomic E-state index is 0.125. The average Bonchev–Trinajstić information content (AvgIpc) is 2.16. The van der Waals surface area contributed by atoms with Gasteiger partial charge in [0.1, 0.15) is 5.75 Å². The summed E-state index contributed by atoms with van der Waals surface area (Å²) in [6.07, 6.45) is -0.125. The van der Waals surface area contributed by atoms with Crippen molar-refractivity contribution in [2.75, 3.05) is 14.2 Å². The van der Waals surface area contributed by atoms with Crippen LogP contribution in [0.15, 0.2) is 12.1 Å². The molecule has 0 fully saturated rings. The number of carbonyl (C=O) groups is 1. The molecule has 0 aromatic heterocycles. The Bertz CT molecular complexity index is 390. The summed E-state index contributed by atoms with van der Waals surface area (Å²) in [6, 6.07) is 3.29. The molecule has 4 nitrogen and oxygen atoms in total. The predicted octanol–water partition coefficient (Wildman–Crippen LogP) is 2.12. The van der Waals surface area contributed by atoms with Crippen LogP contribution >= 0.6 is 11.6 Å². The van der Waals surface area contributed by atoms with Gasteiger partial charge >= 0.3 is 5.97 Å². The molecule has 0 radical (unpaired) electrons. The van der Waals surface area contributed by atoms with Crippen molar-refractivity contribution in [2.45, 2.75) is 13.0 Å². The van der Waals surface area contributed by atoms with Crippen molar-refractivity contribution in [3.63, 3.8) is 0 Å². The molecule has 1 N–H and O–H groups in total. The van der Waals surface area contributed by atoms with E-state index in [9.17, 15) is 4.79 Å². The van der Waals surface area contributed by atoms with E-state index in [1.165, 1.54) is 7.11 Å². The lowest BCUT2D eigenvalue weighted by atomic mass is 10.1. The third-order valence-corrected chi connectivity index (χ3v) is 2.27. The maximum Gasteiger partial charge on any atom is 0.307 e. The number of methoxy groups -OCH3 is 2. The number of hydrogen-bond acceptors (Lipinski definition) is 3. The van der Waals surface area contributed by atoms with Crippen LogP contribution in [-0.2, 0) is 22.6 Å². The van der Waals surface area contributed by atoms with Crippen molar-refractivity contribution in [3.8, 4) is 5.75 Å². The van der Waals surface area contributed by atoms with E-state index in [4.69, 9.17) is 26.2 Å². The summed E-state index contributed by atoms with van der Waals surface area (Å²) in [5.41, 5.74) is 1.29. The number of carboxylic acids is 1. The fraction of sp³-hybridized carbons (Fsp3) is 0.364. The number of benzene rings is 1. The first kappa shape index (κ1) is 12.8. The Labute approximate surface area is 98.7 Å². The molecule has 0 spiro atoms. The molecule has 0 heterocycles. The zero-order chi connectivity index (χ0) is 12.1. The summed E-state index contributed by atoms with van der Waals surface area (Å²) in [6.45, 7) is 0.330. The molecule has 0 unspecified atom stereocenters.